The van der Waals surface area contributed by atoms with Crippen molar-refractivity contribution < 1.29 is 26.0 Å². The molecule has 0 saturated heterocycles. The lowest BCUT2D eigenvalue weighted by Crippen LogP contribution is -2.15. The van der Waals surface area contributed by atoms with Crippen molar-refractivity contribution in [2.45, 2.75) is 22.8 Å². The molecule has 3 N–H and O–H groups in total. The minimum atomic E-state index is -4.03. The number of ether oxygens (including phenoxy) is 1. The first-order valence-corrected chi connectivity index (χ1v) is 11.6. The van der Waals surface area contributed by atoms with Gasteiger partial charge in [0.25, 0.3) is 0 Å². The summed E-state index contributed by atoms with van der Waals surface area (Å²) in [5.74, 6) is 1.15. The lowest BCUT2D eigenvalue weighted by atomic mass is 10.2. The van der Waals surface area contributed by atoms with Crippen molar-refractivity contribution in [3.63, 3.8) is 0 Å². The highest BCUT2D eigenvalue weighted by atomic mass is 32.2. The van der Waals surface area contributed by atoms with Gasteiger partial charge in [0.2, 0.25) is 10.0 Å². The van der Waals surface area contributed by atoms with Crippen molar-refractivity contribution in [3.8, 4) is 5.75 Å². The van der Waals surface area contributed by atoms with Crippen molar-refractivity contribution in [1.29, 1.82) is 0 Å². The van der Waals surface area contributed by atoms with Gasteiger partial charge in [0.05, 0.1) is 28.6 Å². The lowest BCUT2D eigenvalue weighted by Gasteiger charge is -2.16. The molecule has 1 heterocycles. The Hall–Kier alpha value is -2.56. The lowest BCUT2D eigenvalue weighted by molar-refractivity contribution is 0.406. The molecule has 150 valence electrons. The number of hydrogen-bond donors (Lipinski definition) is 2. The number of primary sulfonamides is 1. The van der Waals surface area contributed by atoms with E-state index in [1.165, 1.54) is 12.1 Å². The smallest absolute Gasteiger partial charge is 0.238 e. The third-order valence-electron chi connectivity index (χ3n) is 4.23. The van der Waals surface area contributed by atoms with Crippen LogP contribution in [0.5, 0.6) is 5.75 Å². The Kier molecular flexibility index (Phi) is 5.13. The predicted molar refractivity (Wildman–Crippen MR) is 106 cm³/mol. The van der Waals surface area contributed by atoms with Crippen LogP contribution in [0.25, 0.3) is 11.0 Å². The maximum absolute atomic E-state index is 12.2. The maximum Gasteiger partial charge on any atom is 0.238 e. The number of nitrogens with two attached hydrogens (primary N) is 1. The fourth-order valence-corrected chi connectivity index (χ4v) is 4.32. The number of sulfonamides is 1. The highest BCUT2D eigenvalue weighted by Gasteiger charge is 2.21. The van der Waals surface area contributed by atoms with Crippen LogP contribution in [0.4, 0.5) is 5.69 Å². The molecular weight excluding hydrogens is 404 g/mol. The molecule has 0 amide bonds. The molecule has 28 heavy (non-hydrogen) atoms. The monoisotopic (exact) mass is 424 g/mol. The molecule has 0 saturated carbocycles. The number of methoxy groups -OCH3 is 1. The van der Waals surface area contributed by atoms with E-state index in [0.29, 0.717) is 17.1 Å². The highest BCUT2D eigenvalue weighted by molar-refractivity contribution is 7.91. The average Bonchev–Trinajstić information content (AvgIpc) is 3.04. The molecule has 0 aliphatic carbocycles. The molecule has 8 nitrogen and oxygen atoms in total. The van der Waals surface area contributed by atoms with Crippen LogP contribution in [0.15, 0.2) is 56.7 Å². The van der Waals surface area contributed by atoms with E-state index in [1.54, 1.807) is 20.1 Å². The highest BCUT2D eigenvalue weighted by Crippen LogP contribution is 2.33. The van der Waals surface area contributed by atoms with E-state index >= 15 is 0 Å². The van der Waals surface area contributed by atoms with Crippen LogP contribution < -0.4 is 15.2 Å². The molecule has 0 aliphatic rings. The molecule has 0 radical (unpaired) electrons. The molecule has 1 unspecified atom stereocenters. The predicted octanol–water partition coefficient (Wildman–Crippen LogP) is 2.67. The van der Waals surface area contributed by atoms with Gasteiger partial charge in [-0.3, -0.25) is 0 Å². The summed E-state index contributed by atoms with van der Waals surface area (Å²) < 4.78 is 58.6. The Balaban J connectivity index is 2.01. The quantitative estimate of drug-likeness (QED) is 0.622. The van der Waals surface area contributed by atoms with Gasteiger partial charge in [-0.1, -0.05) is 12.1 Å². The van der Waals surface area contributed by atoms with E-state index in [0.717, 1.165) is 17.7 Å². The van der Waals surface area contributed by atoms with E-state index in [-0.39, 0.29) is 15.5 Å². The molecule has 1 atom stereocenters. The fraction of sp³-hybridized carbons (Fsp3) is 0.222. The van der Waals surface area contributed by atoms with Crippen molar-refractivity contribution >= 4 is 36.5 Å². The number of furan rings is 1. The molecule has 3 rings (SSSR count). The van der Waals surface area contributed by atoms with Crippen LogP contribution in [0.3, 0.4) is 0 Å². The second-order valence-corrected chi connectivity index (χ2v) is 9.91. The van der Waals surface area contributed by atoms with E-state index < -0.39 is 25.9 Å². The van der Waals surface area contributed by atoms with Crippen LogP contribution in [-0.2, 0) is 19.9 Å². The van der Waals surface area contributed by atoms with Gasteiger partial charge in [-0.05, 0) is 37.3 Å². The van der Waals surface area contributed by atoms with Crippen LogP contribution >= 0.6 is 0 Å². The normalized spacial score (nSPS) is 13.4. The van der Waals surface area contributed by atoms with Gasteiger partial charge in [0.15, 0.2) is 21.2 Å². The van der Waals surface area contributed by atoms with Gasteiger partial charge in [0.1, 0.15) is 5.76 Å². The molecule has 10 heteroatoms. The summed E-state index contributed by atoms with van der Waals surface area (Å²) in [7, 11) is -6.20. The largest absolute Gasteiger partial charge is 0.493 e. The fourth-order valence-electron chi connectivity index (χ4n) is 2.84. The zero-order chi connectivity index (χ0) is 20.7. The van der Waals surface area contributed by atoms with Crippen molar-refractivity contribution in [2.75, 3.05) is 18.7 Å². The zero-order valence-electron chi connectivity index (χ0n) is 15.5. The second kappa shape index (κ2) is 7.12. The van der Waals surface area contributed by atoms with Crippen LogP contribution in [0.1, 0.15) is 18.7 Å². The third kappa shape index (κ3) is 3.98. The molecule has 3 aromatic rings. The van der Waals surface area contributed by atoms with Crippen LogP contribution in [0.2, 0.25) is 0 Å². The average molecular weight is 425 g/mol. The Labute approximate surface area is 163 Å². The first kappa shape index (κ1) is 20.2. The molecule has 2 aromatic carbocycles. The Bertz CT molecular complexity index is 1250. The molecule has 1 aromatic heterocycles. The number of hydrogen-bond acceptors (Lipinski definition) is 7. The van der Waals surface area contributed by atoms with E-state index in [2.05, 4.69) is 5.32 Å². The topological polar surface area (TPSA) is 129 Å². The van der Waals surface area contributed by atoms with E-state index in [1.807, 2.05) is 18.2 Å². The van der Waals surface area contributed by atoms with Crippen molar-refractivity contribution in [1.82, 2.24) is 0 Å². The van der Waals surface area contributed by atoms with Gasteiger partial charge in [0, 0.05) is 11.6 Å². The summed E-state index contributed by atoms with van der Waals surface area (Å²) >= 11 is 0. The summed E-state index contributed by atoms with van der Waals surface area (Å²) in [6.45, 7) is 1.80. The van der Waals surface area contributed by atoms with Crippen molar-refractivity contribution in [2.24, 2.45) is 5.14 Å². The minimum absolute atomic E-state index is 0.167. The summed E-state index contributed by atoms with van der Waals surface area (Å²) in [5.41, 5.74) is 0.830. The van der Waals surface area contributed by atoms with Crippen LogP contribution in [0, 0.1) is 0 Å². The second-order valence-electron chi connectivity index (χ2n) is 6.37. The molecular formula is C18H20N2O6S2. The minimum Gasteiger partial charge on any atom is -0.493 e. The number of anilines is 1. The number of para-hydroxylation sites is 1. The number of nitrogens with one attached hydrogen (secondary N) is 1. The first-order chi connectivity index (χ1) is 13.0. The van der Waals surface area contributed by atoms with Gasteiger partial charge in [-0.2, -0.15) is 0 Å². The van der Waals surface area contributed by atoms with E-state index in [9.17, 15) is 16.8 Å². The summed E-state index contributed by atoms with van der Waals surface area (Å²) in [4.78, 5) is -0.445. The summed E-state index contributed by atoms with van der Waals surface area (Å²) in [5, 5.41) is 9.02. The molecule has 0 spiro atoms. The number of fused-ring (bicyclic) bond motifs is 1. The summed E-state index contributed by atoms with van der Waals surface area (Å²) in [6.07, 6.45) is 0.997. The number of rotatable bonds is 6. The SMILES string of the molecule is COc1cccc2cc(C(C)Nc3ccc(S(N)(=O)=O)cc3S(C)(=O)=O)oc12. The van der Waals surface area contributed by atoms with Gasteiger partial charge in [-0.25, -0.2) is 22.0 Å². The zero-order valence-corrected chi connectivity index (χ0v) is 17.1. The van der Waals surface area contributed by atoms with Crippen LogP contribution in [-0.4, -0.2) is 30.2 Å². The first-order valence-electron chi connectivity index (χ1n) is 8.20. The van der Waals surface area contributed by atoms with Gasteiger partial charge < -0.3 is 14.5 Å². The Morgan fingerprint density at radius 3 is 2.43 bits per heavy atom. The standard InChI is InChI=1S/C18H20N2O6S2/c1-11(16-9-12-5-4-6-15(25-2)18(12)26-16)20-14-8-7-13(28(19,23)24)10-17(14)27(3,21)22/h4-11,20H,1-3H3,(H2,19,23,24). The van der Waals surface area contributed by atoms with Gasteiger partial charge >= 0.3 is 0 Å². The Morgan fingerprint density at radius 2 is 1.82 bits per heavy atom. The number of sulfone groups is 1. The maximum atomic E-state index is 12.2. The van der Waals surface area contributed by atoms with E-state index in [4.69, 9.17) is 14.3 Å². The molecule has 0 aliphatic heterocycles. The van der Waals surface area contributed by atoms with Crippen molar-refractivity contribution in [3.05, 3.63) is 48.2 Å². The molecule has 0 bridgehead atoms. The number of benzene rings is 2. The third-order valence-corrected chi connectivity index (χ3v) is 6.27. The van der Waals surface area contributed by atoms with Gasteiger partial charge in [-0.15, -0.1) is 0 Å². The Morgan fingerprint density at radius 1 is 1.11 bits per heavy atom. The summed E-state index contributed by atoms with van der Waals surface area (Å²) in [6, 6.07) is 10.6. The molecule has 0 fully saturated rings.